The summed E-state index contributed by atoms with van der Waals surface area (Å²) >= 11 is 0. The summed E-state index contributed by atoms with van der Waals surface area (Å²) in [6.45, 7) is 0.771. The maximum absolute atomic E-state index is 5.76. The van der Waals surface area contributed by atoms with Crippen LogP contribution in [0.3, 0.4) is 0 Å². The van der Waals surface area contributed by atoms with E-state index < -0.39 is 0 Å². The zero-order valence-corrected chi connectivity index (χ0v) is 11.0. The van der Waals surface area contributed by atoms with Crippen molar-refractivity contribution < 1.29 is 0 Å². The first-order valence-corrected chi connectivity index (χ1v) is 6.47. The first-order valence-electron chi connectivity index (χ1n) is 6.47. The lowest BCUT2D eigenvalue weighted by Crippen LogP contribution is -2.08. The van der Waals surface area contributed by atoms with Crippen molar-refractivity contribution in [1.29, 1.82) is 0 Å². The summed E-state index contributed by atoms with van der Waals surface area (Å²) in [5, 5.41) is 4.30. The molecule has 5 heteroatoms. The predicted octanol–water partition coefficient (Wildman–Crippen LogP) is 2.26. The second kappa shape index (κ2) is 5.52. The number of nitrogen functional groups attached to an aromatic ring is 1. The van der Waals surface area contributed by atoms with Crippen LogP contribution in [0, 0.1) is 0 Å². The quantitative estimate of drug-likeness (QED) is 0.708. The lowest BCUT2D eigenvalue weighted by Gasteiger charge is -2.08. The van der Waals surface area contributed by atoms with E-state index in [9.17, 15) is 0 Å². The Morgan fingerprint density at radius 1 is 1.05 bits per heavy atom. The van der Waals surface area contributed by atoms with Gasteiger partial charge in [0.1, 0.15) is 12.1 Å². The fourth-order valence-corrected chi connectivity index (χ4v) is 2.07. The molecule has 0 atom stereocenters. The molecule has 100 valence electrons. The maximum atomic E-state index is 5.76. The summed E-state index contributed by atoms with van der Waals surface area (Å²) in [6, 6.07) is 11.6. The molecule has 0 radical (unpaired) electrons. The number of pyridine rings is 1. The molecule has 20 heavy (non-hydrogen) atoms. The van der Waals surface area contributed by atoms with Crippen LogP contribution >= 0.6 is 0 Å². The molecule has 3 aromatic rings. The lowest BCUT2D eigenvalue weighted by molar-refractivity contribution is 0.954. The van der Waals surface area contributed by atoms with Crippen LogP contribution in [-0.4, -0.2) is 21.5 Å². The molecular weight excluding hydrogens is 250 g/mol. The Kier molecular flexibility index (Phi) is 3.41. The summed E-state index contributed by atoms with van der Waals surface area (Å²) in [7, 11) is 0. The van der Waals surface area contributed by atoms with Crippen molar-refractivity contribution in [3.05, 3.63) is 54.6 Å². The van der Waals surface area contributed by atoms with Crippen LogP contribution in [0.4, 0.5) is 11.5 Å². The molecule has 5 nitrogen and oxygen atoms in total. The van der Waals surface area contributed by atoms with Crippen molar-refractivity contribution in [3.63, 3.8) is 0 Å². The average molecular weight is 265 g/mol. The third-order valence-corrected chi connectivity index (χ3v) is 3.06. The van der Waals surface area contributed by atoms with Gasteiger partial charge in [-0.25, -0.2) is 9.97 Å². The molecule has 0 bridgehead atoms. The van der Waals surface area contributed by atoms with Gasteiger partial charge in [0, 0.05) is 35.9 Å². The Bertz CT molecular complexity index is 712. The molecule has 2 heterocycles. The van der Waals surface area contributed by atoms with Gasteiger partial charge in [0.05, 0.1) is 5.52 Å². The molecule has 0 saturated carbocycles. The highest BCUT2D eigenvalue weighted by atomic mass is 15.0. The minimum absolute atomic E-state index is 0.704. The zero-order chi connectivity index (χ0) is 13.8. The Morgan fingerprint density at radius 2 is 2.00 bits per heavy atom. The molecule has 0 spiro atoms. The Balaban J connectivity index is 1.74. The Morgan fingerprint density at radius 3 is 2.85 bits per heavy atom. The third-order valence-electron chi connectivity index (χ3n) is 3.06. The normalized spacial score (nSPS) is 10.6. The van der Waals surface area contributed by atoms with E-state index >= 15 is 0 Å². The summed E-state index contributed by atoms with van der Waals surface area (Å²) in [6.07, 6.45) is 4.20. The van der Waals surface area contributed by atoms with Crippen LogP contribution in [0.5, 0.6) is 0 Å². The van der Waals surface area contributed by atoms with E-state index in [0.717, 1.165) is 35.4 Å². The van der Waals surface area contributed by atoms with Gasteiger partial charge >= 0.3 is 0 Å². The predicted molar refractivity (Wildman–Crippen MR) is 80.4 cm³/mol. The number of hydrogen-bond acceptors (Lipinski definition) is 5. The fourth-order valence-electron chi connectivity index (χ4n) is 2.07. The van der Waals surface area contributed by atoms with E-state index in [2.05, 4.69) is 20.3 Å². The van der Waals surface area contributed by atoms with Crippen molar-refractivity contribution in [3.8, 4) is 0 Å². The van der Waals surface area contributed by atoms with Crippen LogP contribution in [0.15, 0.2) is 48.9 Å². The Labute approximate surface area is 116 Å². The van der Waals surface area contributed by atoms with Gasteiger partial charge in [0.2, 0.25) is 0 Å². The first-order chi connectivity index (χ1) is 9.83. The van der Waals surface area contributed by atoms with E-state index in [1.54, 1.807) is 12.5 Å². The van der Waals surface area contributed by atoms with E-state index in [1.807, 2.05) is 36.4 Å². The molecule has 2 aromatic heterocycles. The van der Waals surface area contributed by atoms with E-state index in [-0.39, 0.29) is 0 Å². The standard InChI is InChI=1S/C15H15N5/c16-11-4-5-13-14(9-11)19-10-20-15(13)18-8-6-12-3-1-2-7-17-12/h1-5,7,9-10H,6,8,16H2,(H,18,19,20). The molecule has 0 amide bonds. The van der Waals surface area contributed by atoms with Gasteiger partial charge in [-0.3, -0.25) is 4.98 Å². The highest BCUT2D eigenvalue weighted by Gasteiger charge is 2.03. The molecule has 0 aliphatic carbocycles. The topological polar surface area (TPSA) is 76.7 Å². The average Bonchev–Trinajstić information content (AvgIpc) is 2.48. The van der Waals surface area contributed by atoms with Crippen LogP contribution in [0.1, 0.15) is 5.69 Å². The summed E-state index contributed by atoms with van der Waals surface area (Å²) in [5.74, 6) is 0.825. The maximum Gasteiger partial charge on any atom is 0.137 e. The van der Waals surface area contributed by atoms with Crippen LogP contribution in [-0.2, 0) is 6.42 Å². The van der Waals surface area contributed by atoms with Crippen molar-refractivity contribution in [2.45, 2.75) is 6.42 Å². The van der Waals surface area contributed by atoms with Crippen molar-refractivity contribution >= 4 is 22.4 Å². The van der Waals surface area contributed by atoms with Crippen LogP contribution in [0.25, 0.3) is 10.9 Å². The molecule has 3 N–H and O–H groups in total. The molecular formula is C15H15N5. The number of fused-ring (bicyclic) bond motifs is 1. The number of hydrogen-bond donors (Lipinski definition) is 2. The van der Waals surface area contributed by atoms with Crippen molar-refractivity contribution in [2.75, 3.05) is 17.6 Å². The molecule has 0 fully saturated rings. The zero-order valence-electron chi connectivity index (χ0n) is 11.0. The molecule has 0 aliphatic heterocycles. The number of aromatic nitrogens is 3. The third kappa shape index (κ3) is 2.66. The van der Waals surface area contributed by atoms with Gasteiger partial charge in [-0.15, -0.1) is 0 Å². The fraction of sp³-hybridized carbons (Fsp3) is 0.133. The molecule has 0 saturated heterocycles. The van der Waals surface area contributed by atoms with Gasteiger partial charge < -0.3 is 11.1 Å². The van der Waals surface area contributed by atoms with E-state index in [1.165, 1.54) is 0 Å². The summed E-state index contributed by atoms with van der Waals surface area (Å²) in [5.41, 5.74) is 8.37. The summed E-state index contributed by atoms with van der Waals surface area (Å²) < 4.78 is 0. The smallest absolute Gasteiger partial charge is 0.137 e. The number of nitrogens with two attached hydrogens (primary N) is 1. The van der Waals surface area contributed by atoms with E-state index in [0.29, 0.717) is 5.69 Å². The number of benzene rings is 1. The highest BCUT2D eigenvalue weighted by Crippen LogP contribution is 2.20. The van der Waals surface area contributed by atoms with Crippen molar-refractivity contribution in [2.24, 2.45) is 0 Å². The number of nitrogens with zero attached hydrogens (tertiary/aromatic N) is 3. The highest BCUT2D eigenvalue weighted by molar-refractivity contribution is 5.90. The van der Waals surface area contributed by atoms with Gasteiger partial charge in [0.15, 0.2) is 0 Å². The van der Waals surface area contributed by atoms with Crippen LogP contribution in [0.2, 0.25) is 0 Å². The second-order valence-corrected chi connectivity index (χ2v) is 4.50. The van der Waals surface area contributed by atoms with Crippen LogP contribution < -0.4 is 11.1 Å². The van der Waals surface area contributed by atoms with Gasteiger partial charge in [-0.1, -0.05) is 6.07 Å². The molecule has 3 rings (SSSR count). The number of nitrogens with one attached hydrogen (secondary N) is 1. The lowest BCUT2D eigenvalue weighted by atomic mass is 10.2. The molecule has 0 aliphatic rings. The molecule has 0 unspecified atom stereocenters. The largest absolute Gasteiger partial charge is 0.399 e. The first kappa shape index (κ1) is 12.3. The molecule has 1 aromatic carbocycles. The second-order valence-electron chi connectivity index (χ2n) is 4.50. The minimum Gasteiger partial charge on any atom is -0.399 e. The van der Waals surface area contributed by atoms with E-state index in [4.69, 9.17) is 5.73 Å². The van der Waals surface area contributed by atoms with Crippen molar-refractivity contribution in [1.82, 2.24) is 15.0 Å². The summed E-state index contributed by atoms with van der Waals surface area (Å²) in [4.78, 5) is 12.8. The van der Waals surface area contributed by atoms with Gasteiger partial charge in [-0.2, -0.15) is 0 Å². The SMILES string of the molecule is Nc1ccc2c(NCCc3ccccn3)ncnc2c1. The minimum atomic E-state index is 0.704. The number of anilines is 2. The monoisotopic (exact) mass is 265 g/mol. The Hall–Kier alpha value is -2.69. The number of rotatable bonds is 4. The van der Waals surface area contributed by atoms with Gasteiger partial charge in [0.25, 0.3) is 0 Å². The van der Waals surface area contributed by atoms with Gasteiger partial charge in [-0.05, 0) is 30.3 Å².